The molecule has 4 heteroatoms. The number of carbonyl (C=O) groups is 1. The number of ether oxygens (including phenoxy) is 1. The van der Waals surface area contributed by atoms with Crippen molar-refractivity contribution >= 4 is 5.91 Å². The predicted octanol–water partition coefficient (Wildman–Crippen LogP) is 2.59. The lowest BCUT2D eigenvalue weighted by Gasteiger charge is -2.29. The summed E-state index contributed by atoms with van der Waals surface area (Å²) in [5, 5.41) is 9.71. The summed E-state index contributed by atoms with van der Waals surface area (Å²) in [4.78, 5) is 14.4. The molecule has 1 rings (SSSR count). The Hall–Kier alpha value is -1.55. The zero-order valence-corrected chi connectivity index (χ0v) is 12.1. The van der Waals surface area contributed by atoms with Crippen molar-refractivity contribution < 1.29 is 14.6 Å². The summed E-state index contributed by atoms with van der Waals surface area (Å²) in [5.74, 6) is 0.0986. The minimum atomic E-state index is -0.0557. The van der Waals surface area contributed by atoms with Gasteiger partial charge < -0.3 is 14.7 Å². The summed E-state index contributed by atoms with van der Waals surface area (Å²) in [6.07, 6.45) is 0.882. The number of hydrogen-bond acceptors (Lipinski definition) is 3. The first-order chi connectivity index (χ1) is 9.02. The van der Waals surface area contributed by atoms with Gasteiger partial charge in [0.15, 0.2) is 0 Å². The van der Waals surface area contributed by atoms with E-state index in [4.69, 9.17) is 4.74 Å². The fourth-order valence-corrected chi connectivity index (χ4v) is 1.94. The van der Waals surface area contributed by atoms with Gasteiger partial charge in [-0.2, -0.15) is 0 Å². The van der Waals surface area contributed by atoms with E-state index in [1.165, 1.54) is 0 Å². The van der Waals surface area contributed by atoms with Crippen LogP contribution in [0, 0.1) is 6.92 Å². The van der Waals surface area contributed by atoms with Crippen molar-refractivity contribution in [1.29, 1.82) is 0 Å². The smallest absolute Gasteiger partial charge is 0.254 e. The lowest BCUT2D eigenvalue weighted by molar-refractivity contribution is 0.0613. The van der Waals surface area contributed by atoms with Gasteiger partial charge in [0.2, 0.25) is 0 Å². The van der Waals surface area contributed by atoms with Gasteiger partial charge in [0.1, 0.15) is 5.75 Å². The summed E-state index contributed by atoms with van der Waals surface area (Å²) in [5.41, 5.74) is 1.18. The second-order valence-corrected chi connectivity index (χ2v) is 4.70. The maximum Gasteiger partial charge on any atom is 0.254 e. The second kappa shape index (κ2) is 7.14. The maximum atomic E-state index is 12.6. The third kappa shape index (κ3) is 3.70. The number of amides is 1. The number of carbonyl (C=O) groups excluding carboxylic acids is 1. The molecule has 0 fully saturated rings. The van der Waals surface area contributed by atoms with Crippen molar-refractivity contribution in [3.63, 3.8) is 0 Å². The first-order valence-corrected chi connectivity index (χ1v) is 6.61. The van der Waals surface area contributed by atoms with Crippen LogP contribution in [0.25, 0.3) is 0 Å². The van der Waals surface area contributed by atoms with Crippen LogP contribution in [0.2, 0.25) is 0 Å². The number of aromatic hydroxyl groups is 1. The molecule has 1 aromatic carbocycles. The van der Waals surface area contributed by atoms with E-state index >= 15 is 0 Å². The van der Waals surface area contributed by atoms with E-state index in [0.29, 0.717) is 24.3 Å². The van der Waals surface area contributed by atoms with Crippen molar-refractivity contribution in [1.82, 2.24) is 4.90 Å². The normalized spacial score (nSPS) is 12.2. The molecule has 0 saturated carbocycles. The quantitative estimate of drug-likeness (QED) is 0.860. The molecule has 1 unspecified atom stereocenters. The van der Waals surface area contributed by atoms with Crippen LogP contribution in [-0.2, 0) is 4.74 Å². The second-order valence-electron chi connectivity index (χ2n) is 4.70. The van der Waals surface area contributed by atoms with Gasteiger partial charge in [-0.1, -0.05) is 13.0 Å². The molecule has 0 aliphatic carbocycles. The number of rotatable bonds is 6. The number of phenolic OH excluding ortho intramolecular Hbond substituents is 1. The standard InChI is InChI=1S/C15H23NO3/c1-5-11(2)16(9-10-19-4)15(18)13-7-6-8-14(17)12(13)3/h6-8,11,17H,5,9-10H2,1-4H3. The van der Waals surface area contributed by atoms with Crippen LogP contribution in [-0.4, -0.2) is 42.2 Å². The average Bonchev–Trinajstić information content (AvgIpc) is 2.41. The van der Waals surface area contributed by atoms with E-state index in [1.807, 2.05) is 13.8 Å². The van der Waals surface area contributed by atoms with E-state index < -0.39 is 0 Å². The van der Waals surface area contributed by atoms with E-state index in [-0.39, 0.29) is 17.7 Å². The topological polar surface area (TPSA) is 49.8 Å². The monoisotopic (exact) mass is 265 g/mol. The third-order valence-corrected chi connectivity index (χ3v) is 3.46. The summed E-state index contributed by atoms with van der Waals surface area (Å²) in [6, 6.07) is 5.18. The Morgan fingerprint density at radius 3 is 2.74 bits per heavy atom. The SMILES string of the molecule is CCC(C)N(CCOC)C(=O)c1cccc(O)c1C. The van der Waals surface area contributed by atoms with E-state index in [9.17, 15) is 9.90 Å². The molecule has 0 aromatic heterocycles. The molecule has 0 radical (unpaired) electrons. The zero-order valence-electron chi connectivity index (χ0n) is 12.1. The zero-order chi connectivity index (χ0) is 14.4. The van der Waals surface area contributed by atoms with Crippen molar-refractivity contribution in [2.75, 3.05) is 20.3 Å². The number of benzene rings is 1. The van der Waals surface area contributed by atoms with Gasteiger partial charge in [0.05, 0.1) is 6.61 Å². The number of nitrogens with zero attached hydrogens (tertiary/aromatic N) is 1. The molecule has 0 spiro atoms. The third-order valence-electron chi connectivity index (χ3n) is 3.46. The van der Waals surface area contributed by atoms with Crippen LogP contribution in [0.5, 0.6) is 5.75 Å². The van der Waals surface area contributed by atoms with Crippen molar-refractivity contribution in [3.05, 3.63) is 29.3 Å². The van der Waals surface area contributed by atoms with Gasteiger partial charge in [-0.05, 0) is 32.4 Å². The van der Waals surface area contributed by atoms with Gasteiger partial charge in [0, 0.05) is 30.8 Å². The minimum absolute atomic E-state index is 0.0557. The van der Waals surface area contributed by atoms with Crippen LogP contribution in [0.15, 0.2) is 18.2 Å². The van der Waals surface area contributed by atoms with Crippen LogP contribution in [0.4, 0.5) is 0 Å². The predicted molar refractivity (Wildman–Crippen MR) is 75.5 cm³/mol. The number of hydrogen-bond donors (Lipinski definition) is 1. The Morgan fingerprint density at radius 2 is 2.16 bits per heavy atom. The number of phenols is 1. The summed E-state index contributed by atoms with van der Waals surface area (Å²) in [6.45, 7) is 6.89. The maximum absolute atomic E-state index is 12.6. The summed E-state index contributed by atoms with van der Waals surface area (Å²) in [7, 11) is 1.62. The first-order valence-electron chi connectivity index (χ1n) is 6.61. The molecule has 0 aliphatic heterocycles. The molecule has 1 N–H and O–H groups in total. The van der Waals surface area contributed by atoms with Crippen LogP contribution in [0.1, 0.15) is 36.2 Å². The van der Waals surface area contributed by atoms with Gasteiger partial charge in [-0.15, -0.1) is 0 Å². The highest BCUT2D eigenvalue weighted by atomic mass is 16.5. The van der Waals surface area contributed by atoms with E-state index in [1.54, 1.807) is 37.1 Å². The van der Waals surface area contributed by atoms with Crippen molar-refractivity contribution in [2.24, 2.45) is 0 Å². The van der Waals surface area contributed by atoms with Gasteiger partial charge >= 0.3 is 0 Å². The number of methoxy groups -OCH3 is 1. The fraction of sp³-hybridized carbons (Fsp3) is 0.533. The molecule has 106 valence electrons. The molecular formula is C15H23NO3. The Bertz CT molecular complexity index is 431. The molecule has 1 amide bonds. The molecule has 19 heavy (non-hydrogen) atoms. The highest BCUT2D eigenvalue weighted by Gasteiger charge is 2.22. The first kappa shape index (κ1) is 15.5. The van der Waals surface area contributed by atoms with Crippen LogP contribution < -0.4 is 0 Å². The largest absolute Gasteiger partial charge is 0.508 e. The Kier molecular flexibility index (Phi) is 5.83. The summed E-state index contributed by atoms with van der Waals surface area (Å²) < 4.78 is 5.06. The van der Waals surface area contributed by atoms with E-state index in [0.717, 1.165) is 6.42 Å². The average molecular weight is 265 g/mol. The molecule has 0 aliphatic rings. The van der Waals surface area contributed by atoms with Gasteiger partial charge in [0.25, 0.3) is 5.91 Å². The molecule has 0 bridgehead atoms. The Morgan fingerprint density at radius 1 is 1.47 bits per heavy atom. The molecule has 1 atom stereocenters. The highest BCUT2D eigenvalue weighted by molar-refractivity contribution is 5.96. The highest BCUT2D eigenvalue weighted by Crippen LogP contribution is 2.22. The molecule has 1 aromatic rings. The minimum Gasteiger partial charge on any atom is -0.508 e. The summed E-state index contributed by atoms with van der Waals surface area (Å²) >= 11 is 0. The van der Waals surface area contributed by atoms with E-state index in [2.05, 4.69) is 0 Å². The van der Waals surface area contributed by atoms with Crippen LogP contribution >= 0.6 is 0 Å². The lowest BCUT2D eigenvalue weighted by Crippen LogP contribution is -2.40. The Balaban J connectivity index is 3.01. The lowest BCUT2D eigenvalue weighted by atomic mass is 10.1. The fourth-order valence-electron chi connectivity index (χ4n) is 1.94. The van der Waals surface area contributed by atoms with Crippen LogP contribution in [0.3, 0.4) is 0 Å². The van der Waals surface area contributed by atoms with Crippen molar-refractivity contribution in [3.8, 4) is 5.75 Å². The Labute approximate surface area is 115 Å². The molecule has 4 nitrogen and oxygen atoms in total. The molecule has 0 heterocycles. The molecule has 0 saturated heterocycles. The molecular weight excluding hydrogens is 242 g/mol. The van der Waals surface area contributed by atoms with Gasteiger partial charge in [-0.3, -0.25) is 4.79 Å². The van der Waals surface area contributed by atoms with Gasteiger partial charge in [-0.25, -0.2) is 0 Å². The van der Waals surface area contributed by atoms with Crippen molar-refractivity contribution in [2.45, 2.75) is 33.2 Å².